The largest absolute Gasteiger partial charge is 0.423 e. The van der Waals surface area contributed by atoms with E-state index in [1.165, 1.54) is 81.8 Å². The third-order valence-electron chi connectivity index (χ3n) is 6.46. The van der Waals surface area contributed by atoms with E-state index >= 15 is 0 Å². The third-order valence-corrected chi connectivity index (χ3v) is 6.46. The van der Waals surface area contributed by atoms with E-state index in [-0.39, 0.29) is 5.97 Å². The van der Waals surface area contributed by atoms with Crippen LogP contribution >= 0.6 is 0 Å². The monoisotopic (exact) mass is 406 g/mol. The van der Waals surface area contributed by atoms with Crippen molar-refractivity contribution in [1.82, 2.24) is 0 Å². The van der Waals surface area contributed by atoms with E-state index in [9.17, 15) is 4.79 Å². The van der Waals surface area contributed by atoms with Gasteiger partial charge in [-0.25, -0.2) is 4.79 Å². The molecule has 30 heavy (non-hydrogen) atoms. The van der Waals surface area contributed by atoms with Gasteiger partial charge < -0.3 is 4.74 Å². The number of aryl methyl sites for hydroxylation is 2. The second-order valence-corrected chi connectivity index (χ2v) is 8.94. The van der Waals surface area contributed by atoms with Gasteiger partial charge in [-0.05, 0) is 67.0 Å². The van der Waals surface area contributed by atoms with Crippen LogP contribution in [-0.4, -0.2) is 5.97 Å². The zero-order chi connectivity index (χ0) is 21.0. The Morgan fingerprint density at radius 3 is 2.13 bits per heavy atom. The molecule has 1 saturated carbocycles. The summed E-state index contributed by atoms with van der Waals surface area (Å²) in [5.41, 5.74) is 3.25. The quantitative estimate of drug-likeness (QED) is 0.215. The molecule has 2 nitrogen and oxygen atoms in total. The second kappa shape index (κ2) is 12.6. The molecule has 0 heterocycles. The Hall–Kier alpha value is -2.09. The van der Waals surface area contributed by atoms with Gasteiger partial charge in [0.25, 0.3) is 0 Å². The molecule has 0 spiro atoms. The van der Waals surface area contributed by atoms with Gasteiger partial charge in [-0.3, -0.25) is 0 Å². The van der Waals surface area contributed by atoms with E-state index in [0.29, 0.717) is 11.3 Å². The van der Waals surface area contributed by atoms with Crippen molar-refractivity contribution in [3.63, 3.8) is 0 Å². The van der Waals surface area contributed by atoms with Crippen LogP contribution in [0.3, 0.4) is 0 Å². The van der Waals surface area contributed by atoms with Gasteiger partial charge in [0.15, 0.2) is 0 Å². The highest BCUT2D eigenvalue weighted by atomic mass is 16.5. The van der Waals surface area contributed by atoms with Gasteiger partial charge in [0.2, 0.25) is 0 Å². The van der Waals surface area contributed by atoms with Crippen LogP contribution in [0, 0.1) is 5.92 Å². The van der Waals surface area contributed by atoms with Gasteiger partial charge in [-0.2, -0.15) is 0 Å². The number of ether oxygens (including phenoxy) is 1. The van der Waals surface area contributed by atoms with Crippen molar-refractivity contribution in [1.29, 1.82) is 0 Å². The lowest BCUT2D eigenvalue weighted by atomic mass is 9.85. The Balaban J connectivity index is 1.42. The second-order valence-electron chi connectivity index (χ2n) is 8.94. The average Bonchev–Trinajstić information content (AvgIpc) is 2.79. The Bertz CT molecular complexity index is 739. The fraction of sp³-hybridized carbons (Fsp3) is 0.536. The van der Waals surface area contributed by atoms with Crippen LogP contribution in [0.2, 0.25) is 0 Å². The maximum atomic E-state index is 12.5. The Labute approximate surface area is 183 Å². The van der Waals surface area contributed by atoms with Gasteiger partial charge in [0.05, 0.1) is 5.56 Å². The molecule has 0 N–H and O–H groups in total. The number of esters is 1. The first kappa shape index (κ1) is 22.6. The van der Waals surface area contributed by atoms with E-state index in [2.05, 4.69) is 31.2 Å². The summed E-state index contributed by atoms with van der Waals surface area (Å²) in [5.74, 6) is 1.25. The van der Waals surface area contributed by atoms with Crippen molar-refractivity contribution in [3.05, 3.63) is 65.2 Å². The lowest BCUT2D eigenvalue weighted by Crippen LogP contribution is -2.09. The standard InChI is InChI=1S/C28H38O2/c1-2-3-4-5-7-12-24-15-19-26(20-16-24)28(29)30-27-21-17-25(18-22-27)14-13-23-10-8-6-9-11-23/h15-23H,2-14H2,1H3. The molecule has 1 aliphatic rings. The van der Waals surface area contributed by atoms with Crippen LogP contribution in [0.15, 0.2) is 48.5 Å². The number of carbonyl (C=O) groups is 1. The summed E-state index contributed by atoms with van der Waals surface area (Å²) in [5, 5.41) is 0. The average molecular weight is 407 g/mol. The number of benzene rings is 2. The molecule has 1 fully saturated rings. The topological polar surface area (TPSA) is 26.3 Å². The van der Waals surface area contributed by atoms with E-state index in [1.54, 1.807) is 0 Å². The smallest absolute Gasteiger partial charge is 0.343 e. The zero-order valence-electron chi connectivity index (χ0n) is 18.7. The number of hydrogen-bond donors (Lipinski definition) is 0. The first-order valence-electron chi connectivity index (χ1n) is 12.1. The normalized spacial score (nSPS) is 14.6. The number of carbonyl (C=O) groups excluding carboxylic acids is 1. The van der Waals surface area contributed by atoms with Gasteiger partial charge in [-0.1, -0.05) is 89.0 Å². The molecule has 3 rings (SSSR count). The molecule has 1 aliphatic carbocycles. The van der Waals surface area contributed by atoms with Crippen molar-refractivity contribution in [2.24, 2.45) is 5.92 Å². The molecule has 0 saturated heterocycles. The van der Waals surface area contributed by atoms with Crippen molar-refractivity contribution < 1.29 is 9.53 Å². The summed E-state index contributed by atoms with van der Waals surface area (Å²) >= 11 is 0. The number of unbranched alkanes of at least 4 members (excludes halogenated alkanes) is 4. The summed E-state index contributed by atoms with van der Waals surface area (Å²) in [6.07, 6.45) is 16.9. The van der Waals surface area contributed by atoms with Crippen molar-refractivity contribution >= 4 is 5.97 Å². The van der Waals surface area contributed by atoms with E-state index in [1.807, 2.05) is 24.3 Å². The molecule has 0 bridgehead atoms. The third kappa shape index (κ3) is 7.63. The summed E-state index contributed by atoms with van der Waals surface area (Å²) in [6.45, 7) is 2.24. The van der Waals surface area contributed by atoms with Crippen LogP contribution in [0.1, 0.15) is 99.0 Å². The van der Waals surface area contributed by atoms with E-state index in [4.69, 9.17) is 4.74 Å². The Morgan fingerprint density at radius 1 is 0.800 bits per heavy atom. The van der Waals surface area contributed by atoms with Crippen LogP contribution in [0.25, 0.3) is 0 Å². The predicted molar refractivity (Wildman–Crippen MR) is 125 cm³/mol. The molecular weight excluding hydrogens is 368 g/mol. The Kier molecular flexibility index (Phi) is 9.47. The maximum absolute atomic E-state index is 12.5. The van der Waals surface area contributed by atoms with Crippen LogP contribution in [0.4, 0.5) is 0 Å². The molecular formula is C28H38O2. The van der Waals surface area contributed by atoms with Crippen molar-refractivity contribution in [3.8, 4) is 5.75 Å². The molecule has 0 amide bonds. The fourth-order valence-electron chi connectivity index (χ4n) is 4.48. The predicted octanol–water partition coefficient (Wildman–Crippen LogP) is 7.93. The van der Waals surface area contributed by atoms with Gasteiger partial charge in [-0.15, -0.1) is 0 Å². The summed E-state index contributed by atoms with van der Waals surface area (Å²) in [4.78, 5) is 12.5. The van der Waals surface area contributed by atoms with Crippen LogP contribution in [-0.2, 0) is 12.8 Å². The lowest BCUT2D eigenvalue weighted by Gasteiger charge is -2.21. The Morgan fingerprint density at radius 2 is 1.43 bits per heavy atom. The molecule has 2 heteroatoms. The molecule has 0 aliphatic heterocycles. The van der Waals surface area contributed by atoms with Gasteiger partial charge in [0, 0.05) is 0 Å². The minimum atomic E-state index is -0.278. The molecule has 0 radical (unpaired) electrons. The highest BCUT2D eigenvalue weighted by Crippen LogP contribution is 2.27. The molecule has 0 unspecified atom stereocenters. The van der Waals surface area contributed by atoms with Crippen LogP contribution < -0.4 is 4.74 Å². The summed E-state index contributed by atoms with van der Waals surface area (Å²) in [6, 6.07) is 16.0. The SMILES string of the molecule is CCCCCCCc1ccc(C(=O)Oc2ccc(CCC3CCCCC3)cc2)cc1. The molecule has 162 valence electrons. The number of hydrogen-bond acceptors (Lipinski definition) is 2. The molecule has 0 atom stereocenters. The highest BCUT2D eigenvalue weighted by molar-refractivity contribution is 5.91. The molecule has 2 aromatic carbocycles. The van der Waals surface area contributed by atoms with Gasteiger partial charge >= 0.3 is 5.97 Å². The first-order chi connectivity index (χ1) is 14.7. The maximum Gasteiger partial charge on any atom is 0.343 e. The zero-order valence-corrected chi connectivity index (χ0v) is 18.7. The van der Waals surface area contributed by atoms with Crippen molar-refractivity contribution in [2.45, 2.75) is 90.4 Å². The minimum Gasteiger partial charge on any atom is -0.423 e. The summed E-state index contributed by atoms with van der Waals surface area (Å²) in [7, 11) is 0. The minimum absolute atomic E-state index is 0.278. The van der Waals surface area contributed by atoms with Crippen molar-refractivity contribution in [2.75, 3.05) is 0 Å². The fourth-order valence-corrected chi connectivity index (χ4v) is 4.48. The van der Waals surface area contributed by atoms with E-state index < -0.39 is 0 Å². The lowest BCUT2D eigenvalue weighted by molar-refractivity contribution is 0.0734. The summed E-state index contributed by atoms with van der Waals surface area (Å²) < 4.78 is 5.58. The van der Waals surface area contributed by atoms with E-state index in [0.717, 1.165) is 18.8 Å². The van der Waals surface area contributed by atoms with Crippen LogP contribution in [0.5, 0.6) is 5.75 Å². The molecule has 0 aromatic heterocycles. The first-order valence-corrected chi connectivity index (χ1v) is 12.1. The molecule has 2 aromatic rings. The highest BCUT2D eigenvalue weighted by Gasteiger charge is 2.13. The van der Waals surface area contributed by atoms with Gasteiger partial charge in [0.1, 0.15) is 5.75 Å². The number of rotatable bonds is 11.